The van der Waals surface area contributed by atoms with Crippen molar-refractivity contribution in [3.05, 3.63) is 41.0 Å². The summed E-state index contributed by atoms with van der Waals surface area (Å²) in [5.41, 5.74) is 0.948. The van der Waals surface area contributed by atoms with E-state index >= 15 is 0 Å². The van der Waals surface area contributed by atoms with Crippen molar-refractivity contribution in [1.29, 1.82) is 0 Å². The van der Waals surface area contributed by atoms with Gasteiger partial charge < -0.3 is 15.5 Å². The van der Waals surface area contributed by atoms with Crippen molar-refractivity contribution in [2.75, 3.05) is 31.5 Å². The molecule has 0 spiro atoms. The summed E-state index contributed by atoms with van der Waals surface area (Å²) >= 11 is 5.37. The summed E-state index contributed by atoms with van der Waals surface area (Å²) in [6.07, 6.45) is 2.92. The Morgan fingerprint density at radius 2 is 2.04 bits per heavy atom. The van der Waals surface area contributed by atoms with Crippen LogP contribution in [-0.4, -0.2) is 53.1 Å². The Morgan fingerprint density at radius 1 is 1.25 bits per heavy atom. The lowest BCUT2D eigenvalue weighted by atomic mass is 10.1. The summed E-state index contributed by atoms with van der Waals surface area (Å²) in [5, 5.41) is 8.23. The van der Waals surface area contributed by atoms with Gasteiger partial charge in [0, 0.05) is 42.6 Å². The maximum absolute atomic E-state index is 4.76. The highest BCUT2D eigenvalue weighted by Gasteiger charge is 2.20. The molecule has 4 rings (SSSR count). The average Bonchev–Trinajstić information content (AvgIpc) is 3.09. The number of rotatable bonds is 6. The zero-order valence-corrected chi connectivity index (χ0v) is 18.7. The number of halogens is 1. The number of anilines is 1. The van der Waals surface area contributed by atoms with Crippen LogP contribution in [0, 0.1) is 0 Å². The second-order valence-electron chi connectivity index (χ2n) is 7.55. The van der Waals surface area contributed by atoms with E-state index < -0.39 is 0 Å². The van der Waals surface area contributed by atoms with Crippen molar-refractivity contribution in [2.24, 2.45) is 0 Å². The van der Waals surface area contributed by atoms with Crippen LogP contribution in [0.2, 0.25) is 0 Å². The number of piperazine rings is 1. The second kappa shape index (κ2) is 8.86. The van der Waals surface area contributed by atoms with Crippen molar-refractivity contribution in [3.63, 3.8) is 0 Å². The number of hydrogen-bond acceptors (Lipinski definition) is 6. The van der Waals surface area contributed by atoms with Gasteiger partial charge in [-0.15, -0.1) is 11.3 Å². The van der Waals surface area contributed by atoms with Gasteiger partial charge in [-0.2, -0.15) is 0 Å². The van der Waals surface area contributed by atoms with Crippen molar-refractivity contribution >= 4 is 43.3 Å². The highest BCUT2D eigenvalue weighted by Crippen LogP contribution is 2.36. The molecule has 0 saturated carbocycles. The number of hydrogen-bond donors (Lipinski definition) is 2. The minimum atomic E-state index is 0.565. The Balaban J connectivity index is 1.37. The monoisotopic (exact) mass is 459 g/mol. The molecule has 2 N–H and O–H groups in total. The first-order chi connectivity index (χ1) is 13.6. The highest BCUT2D eigenvalue weighted by molar-refractivity contribution is 9.10. The molecule has 1 aliphatic heterocycles. The van der Waals surface area contributed by atoms with Crippen molar-refractivity contribution in [3.8, 4) is 10.6 Å². The first kappa shape index (κ1) is 19.8. The predicted molar refractivity (Wildman–Crippen MR) is 122 cm³/mol. The maximum atomic E-state index is 4.76. The fourth-order valence-electron chi connectivity index (χ4n) is 3.85. The number of thiophene rings is 1. The number of benzene rings is 1. The van der Waals surface area contributed by atoms with Crippen LogP contribution in [-0.2, 0) is 0 Å². The van der Waals surface area contributed by atoms with Crippen molar-refractivity contribution in [2.45, 2.75) is 32.4 Å². The lowest BCUT2D eigenvalue weighted by molar-refractivity contribution is 0.173. The molecule has 3 heterocycles. The van der Waals surface area contributed by atoms with E-state index in [1.807, 2.05) is 6.20 Å². The molecule has 0 aliphatic carbocycles. The van der Waals surface area contributed by atoms with Gasteiger partial charge in [-0.05, 0) is 60.3 Å². The molecule has 148 valence electrons. The summed E-state index contributed by atoms with van der Waals surface area (Å²) in [6, 6.07) is 11.8. The molecule has 1 fully saturated rings. The Morgan fingerprint density at radius 3 is 2.82 bits per heavy atom. The minimum Gasteiger partial charge on any atom is -0.354 e. The normalized spacial score (nSPS) is 20.5. The largest absolute Gasteiger partial charge is 0.354 e. The van der Waals surface area contributed by atoms with Crippen LogP contribution in [0.15, 0.2) is 41.0 Å². The summed E-state index contributed by atoms with van der Waals surface area (Å²) in [5.74, 6) is 0.692. The summed E-state index contributed by atoms with van der Waals surface area (Å²) in [6.45, 7) is 8.73. The van der Waals surface area contributed by atoms with Crippen LogP contribution in [0.25, 0.3) is 20.7 Å². The molecule has 3 aromatic rings. The van der Waals surface area contributed by atoms with Crippen LogP contribution in [0.3, 0.4) is 0 Å². The molecule has 28 heavy (non-hydrogen) atoms. The Kier molecular flexibility index (Phi) is 6.25. The average molecular weight is 460 g/mol. The molecule has 1 aliphatic rings. The molecule has 1 saturated heterocycles. The van der Waals surface area contributed by atoms with E-state index in [1.165, 1.54) is 10.1 Å². The fourth-order valence-corrected chi connectivity index (χ4v) is 5.45. The molecule has 5 nitrogen and oxygen atoms in total. The van der Waals surface area contributed by atoms with Crippen molar-refractivity contribution in [1.82, 2.24) is 20.2 Å². The van der Waals surface area contributed by atoms with Gasteiger partial charge in [0.1, 0.15) is 5.69 Å². The first-order valence-corrected chi connectivity index (χ1v) is 11.4. The molecule has 2 atom stereocenters. The molecule has 2 unspecified atom stereocenters. The molecule has 0 radical (unpaired) electrons. The van der Waals surface area contributed by atoms with E-state index in [0.29, 0.717) is 18.0 Å². The van der Waals surface area contributed by atoms with E-state index in [4.69, 9.17) is 4.98 Å². The first-order valence-electron chi connectivity index (χ1n) is 9.82. The Bertz CT molecular complexity index is 900. The molecule has 2 aromatic heterocycles. The van der Waals surface area contributed by atoms with Gasteiger partial charge in [0.15, 0.2) is 0 Å². The Hall–Kier alpha value is -1.54. The summed E-state index contributed by atoms with van der Waals surface area (Å²) < 4.78 is 2.20. The van der Waals surface area contributed by atoms with Crippen LogP contribution in [0.4, 0.5) is 5.95 Å². The molecule has 0 amide bonds. The number of nitrogens with one attached hydrogen (secondary N) is 2. The van der Waals surface area contributed by atoms with Gasteiger partial charge in [0.25, 0.3) is 0 Å². The van der Waals surface area contributed by atoms with E-state index in [-0.39, 0.29) is 0 Å². The highest BCUT2D eigenvalue weighted by atomic mass is 79.9. The lowest BCUT2D eigenvalue weighted by Crippen LogP contribution is -2.54. The van der Waals surface area contributed by atoms with Crippen molar-refractivity contribution < 1.29 is 0 Å². The number of aromatic nitrogens is 2. The van der Waals surface area contributed by atoms with E-state index in [2.05, 4.69) is 80.6 Å². The zero-order chi connectivity index (χ0) is 19.5. The van der Waals surface area contributed by atoms with E-state index in [1.54, 1.807) is 11.3 Å². The number of nitrogens with zero attached hydrogens (tertiary/aromatic N) is 3. The SMILES string of the molecule is CC1CN(CCCNc2ncc(Br)c(-c3cc4ccccc4s3)n2)CC(C)N1. The van der Waals surface area contributed by atoms with Crippen LogP contribution in [0.1, 0.15) is 20.3 Å². The third-order valence-electron chi connectivity index (χ3n) is 4.97. The van der Waals surface area contributed by atoms with Gasteiger partial charge >= 0.3 is 0 Å². The van der Waals surface area contributed by atoms with Gasteiger partial charge in [-0.1, -0.05) is 18.2 Å². The third-order valence-corrected chi connectivity index (χ3v) is 6.67. The minimum absolute atomic E-state index is 0.565. The molecule has 7 heteroatoms. The van der Waals surface area contributed by atoms with Gasteiger partial charge in [-0.25, -0.2) is 9.97 Å². The maximum Gasteiger partial charge on any atom is 0.223 e. The van der Waals surface area contributed by atoms with Crippen LogP contribution >= 0.6 is 27.3 Å². The van der Waals surface area contributed by atoms with Crippen LogP contribution < -0.4 is 10.6 Å². The van der Waals surface area contributed by atoms with E-state index in [0.717, 1.165) is 47.6 Å². The van der Waals surface area contributed by atoms with Gasteiger partial charge in [0.05, 0.1) is 9.35 Å². The lowest BCUT2D eigenvalue weighted by Gasteiger charge is -2.36. The molecular formula is C21H26BrN5S. The zero-order valence-electron chi connectivity index (χ0n) is 16.3. The summed E-state index contributed by atoms with van der Waals surface area (Å²) in [4.78, 5) is 12.9. The smallest absolute Gasteiger partial charge is 0.223 e. The topological polar surface area (TPSA) is 53.1 Å². The van der Waals surface area contributed by atoms with Gasteiger partial charge in [0.2, 0.25) is 5.95 Å². The predicted octanol–water partition coefficient (Wildman–Crippen LogP) is 4.61. The Labute approximate surface area is 178 Å². The third kappa shape index (κ3) is 4.71. The molecular weight excluding hydrogens is 434 g/mol. The fraction of sp³-hybridized carbons (Fsp3) is 0.429. The standard InChI is InChI=1S/C21H26BrN5S/c1-14-12-27(13-15(2)25-14)9-5-8-23-21-24-11-17(22)20(26-21)19-10-16-6-3-4-7-18(16)28-19/h3-4,6-7,10-11,14-15,25H,5,8-9,12-13H2,1-2H3,(H,23,24,26). The molecule has 1 aromatic carbocycles. The second-order valence-corrected chi connectivity index (χ2v) is 9.49. The summed E-state index contributed by atoms with van der Waals surface area (Å²) in [7, 11) is 0. The van der Waals surface area contributed by atoms with Crippen LogP contribution in [0.5, 0.6) is 0 Å². The molecule has 0 bridgehead atoms. The van der Waals surface area contributed by atoms with Gasteiger partial charge in [-0.3, -0.25) is 0 Å². The quantitative estimate of drug-likeness (QED) is 0.527. The van der Waals surface area contributed by atoms with E-state index in [9.17, 15) is 0 Å². The number of fused-ring (bicyclic) bond motifs is 1.